The molecule has 6 nitrogen and oxygen atoms in total. The van der Waals surface area contributed by atoms with E-state index >= 15 is 0 Å². The monoisotopic (exact) mass is 380 g/mol. The van der Waals surface area contributed by atoms with Gasteiger partial charge in [-0.05, 0) is 44.1 Å². The third-order valence-electron chi connectivity index (χ3n) is 5.78. The second kappa shape index (κ2) is 8.27. The number of likely N-dealkylation sites (N-methyl/N-ethyl adjacent to an activating group) is 1. The van der Waals surface area contributed by atoms with E-state index in [0.29, 0.717) is 18.9 Å². The van der Waals surface area contributed by atoms with Crippen LogP contribution in [0.1, 0.15) is 41.4 Å². The summed E-state index contributed by atoms with van der Waals surface area (Å²) in [5.41, 5.74) is 3.17. The van der Waals surface area contributed by atoms with Gasteiger partial charge in [0.1, 0.15) is 11.6 Å². The molecule has 2 aliphatic heterocycles. The van der Waals surface area contributed by atoms with Crippen molar-refractivity contribution in [1.29, 1.82) is 0 Å². The van der Waals surface area contributed by atoms with Gasteiger partial charge in [-0.1, -0.05) is 12.1 Å². The molecule has 0 saturated carbocycles. The number of ether oxygens (including phenoxy) is 1. The first-order valence-electron chi connectivity index (χ1n) is 10.1. The van der Waals surface area contributed by atoms with Crippen molar-refractivity contribution in [2.45, 2.75) is 38.1 Å². The van der Waals surface area contributed by atoms with E-state index in [1.807, 2.05) is 35.4 Å². The Labute approximate surface area is 166 Å². The van der Waals surface area contributed by atoms with E-state index in [0.717, 1.165) is 60.9 Å². The molecule has 1 fully saturated rings. The van der Waals surface area contributed by atoms with Gasteiger partial charge < -0.3 is 14.5 Å². The molecule has 1 aromatic heterocycles. The van der Waals surface area contributed by atoms with E-state index in [1.165, 1.54) is 6.42 Å². The first kappa shape index (κ1) is 18.9. The summed E-state index contributed by atoms with van der Waals surface area (Å²) in [4.78, 5) is 26.6. The van der Waals surface area contributed by atoms with Gasteiger partial charge in [0, 0.05) is 43.7 Å². The van der Waals surface area contributed by atoms with Crippen LogP contribution in [0.2, 0.25) is 0 Å². The number of hydrogen-bond acceptors (Lipinski definition) is 5. The van der Waals surface area contributed by atoms with Crippen molar-refractivity contribution >= 4 is 5.91 Å². The van der Waals surface area contributed by atoms with Crippen molar-refractivity contribution in [1.82, 2.24) is 19.8 Å². The summed E-state index contributed by atoms with van der Waals surface area (Å²) in [5, 5.41) is 0. The number of methoxy groups -OCH3 is 1. The number of benzene rings is 1. The minimum atomic E-state index is 0.136. The lowest BCUT2D eigenvalue weighted by Gasteiger charge is -2.31. The van der Waals surface area contributed by atoms with Crippen molar-refractivity contribution in [2.75, 3.05) is 33.8 Å². The van der Waals surface area contributed by atoms with Gasteiger partial charge >= 0.3 is 0 Å². The molecule has 0 aliphatic carbocycles. The van der Waals surface area contributed by atoms with E-state index in [9.17, 15) is 4.79 Å². The Kier molecular flexibility index (Phi) is 5.57. The van der Waals surface area contributed by atoms with Gasteiger partial charge in [0.2, 0.25) is 5.91 Å². The van der Waals surface area contributed by atoms with Crippen molar-refractivity contribution in [3.8, 4) is 5.75 Å². The molecule has 1 aromatic carbocycles. The molecule has 0 unspecified atom stereocenters. The van der Waals surface area contributed by atoms with Crippen LogP contribution in [-0.2, 0) is 24.2 Å². The lowest BCUT2D eigenvalue weighted by atomic mass is 9.97. The number of piperidine rings is 1. The number of amides is 1. The maximum Gasteiger partial charge on any atom is 0.227 e. The van der Waals surface area contributed by atoms with Crippen LogP contribution in [0, 0.1) is 0 Å². The summed E-state index contributed by atoms with van der Waals surface area (Å²) in [6, 6.07) is 7.70. The molecular weight excluding hydrogens is 352 g/mol. The summed E-state index contributed by atoms with van der Waals surface area (Å²) in [5.74, 6) is 2.32. The fourth-order valence-corrected chi connectivity index (χ4v) is 4.19. The van der Waals surface area contributed by atoms with Gasteiger partial charge in [-0.3, -0.25) is 4.79 Å². The van der Waals surface area contributed by atoms with Crippen molar-refractivity contribution in [3.05, 3.63) is 53.1 Å². The van der Waals surface area contributed by atoms with E-state index in [1.54, 1.807) is 7.11 Å². The highest BCUT2D eigenvalue weighted by molar-refractivity contribution is 5.79. The van der Waals surface area contributed by atoms with E-state index < -0.39 is 0 Å². The van der Waals surface area contributed by atoms with Crippen LogP contribution in [0.5, 0.6) is 5.75 Å². The molecule has 148 valence electrons. The molecule has 0 radical (unpaired) electrons. The molecule has 1 saturated heterocycles. The van der Waals surface area contributed by atoms with Crippen molar-refractivity contribution < 1.29 is 9.53 Å². The molecule has 3 heterocycles. The van der Waals surface area contributed by atoms with Gasteiger partial charge in [0.15, 0.2) is 0 Å². The summed E-state index contributed by atoms with van der Waals surface area (Å²) in [7, 11) is 3.80. The lowest BCUT2D eigenvalue weighted by molar-refractivity contribution is -0.131. The Balaban J connectivity index is 1.42. The molecule has 0 N–H and O–H groups in total. The van der Waals surface area contributed by atoms with Crippen LogP contribution in [0.4, 0.5) is 0 Å². The van der Waals surface area contributed by atoms with Crippen LogP contribution >= 0.6 is 0 Å². The molecule has 4 rings (SSSR count). The van der Waals surface area contributed by atoms with Crippen molar-refractivity contribution in [2.24, 2.45) is 0 Å². The van der Waals surface area contributed by atoms with E-state index in [-0.39, 0.29) is 5.91 Å². The Morgan fingerprint density at radius 1 is 1.32 bits per heavy atom. The zero-order chi connectivity index (χ0) is 19.5. The van der Waals surface area contributed by atoms with Gasteiger partial charge in [-0.15, -0.1) is 0 Å². The first-order chi connectivity index (χ1) is 13.6. The molecule has 2 aromatic rings. The largest absolute Gasteiger partial charge is 0.497 e. The smallest absolute Gasteiger partial charge is 0.227 e. The zero-order valence-electron chi connectivity index (χ0n) is 16.7. The summed E-state index contributed by atoms with van der Waals surface area (Å²) in [6.45, 7) is 3.51. The number of nitrogens with zero attached hydrogens (tertiary/aromatic N) is 4. The number of aromatic nitrogens is 2. The maximum atomic E-state index is 12.8. The number of rotatable bonds is 4. The van der Waals surface area contributed by atoms with E-state index in [2.05, 4.69) is 16.9 Å². The number of likely N-dealkylation sites (tertiary alicyclic amines) is 1. The van der Waals surface area contributed by atoms with Crippen LogP contribution in [0.3, 0.4) is 0 Å². The third kappa shape index (κ3) is 4.17. The molecule has 6 heteroatoms. The van der Waals surface area contributed by atoms with Crippen molar-refractivity contribution in [3.63, 3.8) is 0 Å². The van der Waals surface area contributed by atoms with Crippen LogP contribution in [0.15, 0.2) is 30.5 Å². The average Bonchev–Trinajstić information content (AvgIpc) is 2.73. The molecule has 28 heavy (non-hydrogen) atoms. The fourth-order valence-electron chi connectivity index (χ4n) is 4.19. The normalized spacial score (nSPS) is 19.9. The molecule has 0 spiro atoms. The number of fused-ring (bicyclic) bond motifs is 1. The third-order valence-corrected chi connectivity index (χ3v) is 5.78. The van der Waals surface area contributed by atoms with Gasteiger partial charge in [-0.25, -0.2) is 9.97 Å². The average molecular weight is 380 g/mol. The number of hydrogen-bond donors (Lipinski definition) is 0. The van der Waals surface area contributed by atoms with Crippen LogP contribution < -0.4 is 4.74 Å². The van der Waals surface area contributed by atoms with Gasteiger partial charge in [0.25, 0.3) is 0 Å². The first-order valence-corrected chi connectivity index (χ1v) is 10.1. The predicted molar refractivity (Wildman–Crippen MR) is 107 cm³/mol. The molecule has 2 aliphatic rings. The SMILES string of the molecule is COc1cccc(CC(=O)N2CCc3nc([C@H]4CCCN(C)C4)ncc3C2)c1. The lowest BCUT2D eigenvalue weighted by Crippen LogP contribution is -2.38. The minimum absolute atomic E-state index is 0.136. The predicted octanol–water partition coefficient (Wildman–Crippen LogP) is 2.42. The Hall–Kier alpha value is -2.47. The Morgan fingerprint density at radius 3 is 3.04 bits per heavy atom. The maximum absolute atomic E-state index is 12.8. The van der Waals surface area contributed by atoms with Gasteiger partial charge in [-0.2, -0.15) is 0 Å². The van der Waals surface area contributed by atoms with Crippen LogP contribution in [0.25, 0.3) is 0 Å². The van der Waals surface area contributed by atoms with Crippen LogP contribution in [-0.4, -0.2) is 59.5 Å². The quantitative estimate of drug-likeness (QED) is 0.815. The molecule has 1 amide bonds. The van der Waals surface area contributed by atoms with E-state index in [4.69, 9.17) is 9.72 Å². The molecule has 0 bridgehead atoms. The molecular formula is C22H28N4O2. The fraction of sp³-hybridized carbons (Fsp3) is 0.500. The summed E-state index contributed by atoms with van der Waals surface area (Å²) in [6.07, 6.45) is 5.50. The Bertz CT molecular complexity index is 854. The Morgan fingerprint density at radius 2 is 2.21 bits per heavy atom. The summed E-state index contributed by atoms with van der Waals surface area (Å²) < 4.78 is 5.25. The second-order valence-electron chi connectivity index (χ2n) is 7.90. The van der Waals surface area contributed by atoms with Gasteiger partial charge in [0.05, 0.1) is 19.2 Å². The standard InChI is InChI=1S/C22H28N4O2/c1-25-9-4-6-17(14-25)22-23-13-18-15-26(10-8-20(18)24-22)21(27)12-16-5-3-7-19(11-16)28-2/h3,5,7,11,13,17H,4,6,8-10,12,14-15H2,1-2H3/t17-/m0/s1. The highest BCUT2D eigenvalue weighted by Crippen LogP contribution is 2.26. The zero-order valence-corrected chi connectivity index (χ0v) is 16.7. The topological polar surface area (TPSA) is 58.6 Å². The number of carbonyl (C=O) groups excluding carboxylic acids is 1. The molecule has 1 atom stereocenters. The number of carbonyl (C=O) groups is 1. The summed E-state index contributed by atoms with van der Waals surface area (Å²) >= 11 is 0. The highest BCUT2D eigenvalue weighted by Gasteiger charge is 2.26. The second-order valence-corrected chi connectivity index (χ2v) is 7.90. The minimum Gasteiger partial charge on any atom is -0.497 e. The highest BCUT2D eigenvalue weighted by atomic mass is 16.5.